The normalized spacial score (nSPS) is 10.8. The van der Waals surface area contributed by atoms with Crippen LogP contribution in [0.1, 0.15) is 24.2 Å². The summed E-state index contributed by atoms with van der Waals surface area (Å²) in [5.74, 6) is -1.06. The number of ether oxygens (including phenoxy) is 1. The minimum atomic E-state index is -0.419. The van der Waals surface area contributed by atoms with Crippen molar-refractivity contribution in [3.05, 3.63) is 59.9 Å². The molecule has 0 aliphatic rings. The Bertz CT molecular complexity index is 1010. The molecule has 0 saturated carbocycles. The lowest BCUT2D eigenvalue weighted by molar-refractivity contribution is -0.113. The van der Waals surface area contributed by atoms with Crippen LogP contribution in [0.2, 0.25) is 0 Å². The lowest BCUT2D eigenvalue weighted by Gasteiger charge is -2.09. The minimum Gasteiger partial charge on any atom is -0.459 e. The fourth-order valence-corrected chi connectivity index (χ4v) is 3.03. The number of tetrazole rings is 1. The summed E-state index contributed by atoms with van der Waals surface area (Å²) in [4.78, 5) is 24.0. The van der Waals surface area contributed by atoms with Crippen molar-refractivity contribution in [3.63, 3.8) is 0 Å². The molecule has 0 aliphatic carbocycles. The molecule has 150 valence electrons. The van der Waals surface area contributed by atoms with Crippen LogP contribution < -0.4 is 5.32 Å². The second-order valence-electron chi connectivity index (χ2n) is 6.22. The summed E-state index contributed by atoms with van der Waals surface area (Å²) < 4.78 is 19.9. The second-order valence-corrected chi connectivity index (χ2v) is 7.16. The summed E-state index contributed by atoms with van der Waals surface area (Å²) in [5.41, 5.74) is 1.41. The highest BCUT2D eigenvalue weighted by Crippen LogP contribution is 2.19. The molecule has 0 fully saturated rings. The molecular weight excluding hydrogens is 397 g/mol. The Hall–Kier alpha value is -3.27. The molecule has 10 heteroatoms. The maximum absolute atomic E-state index is 13.4. The number of hydrogen-bond acceptors (Lipinski definition) is 7. The maximum atomic E-state index is 13.4. The molecule has 2 aromatic carbocycles. The van der Waals surface area contributed by atoms with Crippen LogP contribution in [0.25, 0.3) is 5.69 Å². The van der Waals surface area contributed by atoms with Crippen LogP contribution in [-0.4, -0.2) is 43.9 Å². The van der Waals surface area contributed by atoms with E-state index in [2.05, 4.69) is 20.8 Å². The number of rotatable bonds is 7. The van der Waals surface area contributed by atoms with Gasteiger partial charge in [-0.05, 0) is 66.7 Å². The molecule has 3 aromatic rings. The van der Waals surface area contributed by atoms with Gasteiger partial charge in [0.15, 0.2) is 0 Å². The lowest BCUT2D eigenvalue weighted by Crippen LogP contribution is -2.15. The van der Waals surface area contributed by atoms with Gasteiger partial charge in [-0.2, -0.15) is 4.68 Å². The fourth-order valence-electron chi connectivity index (χ4n) is 2.34. The third-order valence-corrected chi connectivity index (χ3v) is 4.49. The van der Waals surface area contributed by atoms with Gasteiger partial charge in [0.2, 0.25) is 11.1 Å². The summed E-state index contributed by atoms with van der Waals surface area (Å²) in [7, 11) is 0. The Balaban J connectivity index is 1.57. The number of halogens is 1. The number of anilines is 1. The van der Waals surface area contributed by atoms with Gasteiger partial charge < -0.3 is 10.1 Å². The van der Waals surface area contributed by atoms with Crippen molar-refractivity contribution in [2.24, 2.45) is 0 Å². The van der Waals surface area contributed by atoms with Crippen molar-refractivity contribution in [2.75, 3.05) is 11.1 Å². The topological polar surface area (TPSA) is 99.0 Å². The highest BCUT2D eigenvalue weighted by atomic mass is 32.2. The predicted octanol–water partition coefficient (Wildman–Crippen LogP) is 3.10. The molecular formula is C19H18FN5O3S. The molecule has 0 saturated heterocycles. The van der Waals surface area contributed by atoms with Gasteiger partial charge in [0.25, 0.3) is 0 Å². The van der Waals surface area contributed by atoms with E-state index in [1.54, 1.807) is 50.2 Å². The Morgan fingerprint density at radius 3 is 2.66 bits per heavy atom. The van der Waals surface area contributed by atoms with Crippen LogP contribution in [0.3, 0.4) is 0 Å². The Morgan fingerprint density at radius 1 is 1.21 bits per heavy atom. The van der Waals surface area contributed by atoms with Crippen LogP contribution in [0, 0.1) is 5.82 Å². The highest BCUT2D eigenvalue weighted by molar-refractivity contribution is 7.99. The molecule has 1 aromatic heterocycles. The molecule has 1 amide bonds. The van der Waals surface area contributed by atoms with E-state index in [1.807, 2.05) is 0 Å². The molecule has 0 spiro atoms. The Morgan fingerprint density at radius 2 is 1.97 bits per heavy atom. The number of esters is 1. The lowest BCUT2D eigenvalue weighted by atomic mass is 10.2. The van der Waals surface area contributed by atoms with Crippen LogP contribution in [0.5, 0.6) is 0 Å². The van der Waals surface area contributed by atoms with E-state index in [1.165, 1.54) is 16.8 Å². The van der Waals surface area contributed by atoms with E-state index in [9.17, 15) is 14.0 Å². The molecule has 0 bridgehead atoms. The Kier molecular flexibility index (Phi) is 6.55. The summed E-state index contributed by atoms with van der Waals surface area (Å²) in [6.45, 7) is 3.55. The second kappa shape index (κ2) is 9.28. The van der Waals surface area contributed by atoms with Crippen molar-refractivity contribution in [1.29, 1.82) is 0 Å². The molecule has 1 heterocycles. The van der Waals surface area contributed by atoms with Crippen molar-refractivity contribution in [2.45, 2.75) is 25.1 Å². The summed E-state index contributed by atoms with van der Waals surface area (Å²) in [5, 5.41) is 14.4. The number of thioether (sulfide) groups is 1. The predicted molar refractivity (Wildman–Crippen MR) is 105 cm³/mol. The zero-order valence-electron chi connectivity index (χ0n) is 15.7. The quantitative estimate of drug-likeness (QED) is 0.468. The van der Waals surface area contributed by atoms with Crippen LogP contribution in [0.4, 0.5) is 10.1 Å². The molecule has 0 atom stereocenters. The van der Waals surface area contributed by atoms with E-state index in [-0.39, 0.29) is 17.8 Å². The van der Waals surface area contributed by atoms with Crippen molar-refractivity contribution in [3.8, 4) is 5.69 Å². The zero-order chi connectivity index (χ0) is 20.8. The number of carbonyl (C=O) groups is 2. The molecule has 1 N–H and O–H groups in total. The molecule has 8 nitrogen and oxygen atoms in total. The van der Waals surface area contributed by atoms with E-state index >= 15 is 0 Å². The summed E-state index contributed by atoms with van der Waals surface area (Å²) >= 11 is 1.11. The average molecular weight is 415 g/mol. The van der Waals surface area contributed by atoms with Gasteiger partial charge in [0, 0.05) is 5.69 Å². The summed E-state index contributed by atoms with van der Waals surface area (Å²) in [6, 6.07) is 12.2. The third kappa shape index (κ3) is 5.61. The standard InChI is InChI=1S/C19H18FN5O3S/c1-12(2)28-18(27)13-6-8-15(9-7-13)21-17(26)11-29-19-22-23-24-25(19)16-5-3-4-14(20)10-16/h3-10,12H,11H2,1-2H3,(H,21,26). The van der Waals surface area contributed by atoms with Crippen molar-refractivity contribution >= 4 is 29.3 Å². The number of benzene rings is 2. The molecule has 3 rings (SSSR count). The summed E-state index contributed by atoms with van der Waals surface area (Å²) in [6.07, 6.45) is -0.206. The van der Waals surface area contributed by atoms with E-state index < -0.39 is 11.8 Å². The molecule has 29 heavy (non-hydrogen) atoms. The van der Waals surface area contributed by atoms with Crippen LogP contribution >= 0.6 is 11.8 Å². The first kappa shape index (κ1) is 20.5. The van der Waals surface area contributed by atoms with Gasteiger partial charge in [-0.3, -0.25) is 4.79 Å². The minimum absolute atomic E-state index is 0.0484. The fraction of sp³-hybridized carbons (Fsp3) is 0.211. The largest absolute Gasteiger partial charge is 0.459 e. The monoisotopic (exact) mass is 415 g/mol. The SMILES string of the molecule is CC(C)OC(=O)c1ccc(NC(=O)CSc2nnnn2-c2cccc(F)c2)cc1. The number of nitrogens with one attached hydrogen (secondary N) is 1. The molecule has 0 unspecified atom stereocenters. The third-order valence-electron chi connectivity index (χ3n) is 3.57. The average Bonchev–Trinajstić information content (AvgIpc) is 3.15. The first-order valence-corrected chi connectivity index (χ1v) is 9.69. The number of amides is 1. The van der Waals surface area contributed by atoms with Gasteiger partial charge in [0.1, 0.15) is 5.82 Å². The van der Waals surface area contributed by atoms with Crippen molar-refractivity contribution in [1.82, 2.24) is 20.2 Å². The number of nitrogens with zero attached hydrogens (tertiary/aromatic N) is 4. The van der Waals surface area contributed by atoms with Crippen molar-refractivity contribution < 1.29 is 18.7 Å². The van der Waals surface area contributed by atoms with E-state index in [4.69, 9.17) is 4.74 Å². The maximum Gasteiger partial charge on any atom is 0.338 e. The van der Waals surface area contributed by atoms with Crippen LogP contribution in [0.15, 0.2) is 53.7 Å². The van der Waals surface area contributed by atoms with Gasteiger partial charge in [-0.15, -0.1) is 5.10 Å². The van der Waals surface area contributed by atoms with E-state index in [0.29, 0.717) is 22.1 Å². The number of aromatic nitrogens is 4. The number of hydrogen-bond donors (Lipinski definition) is 1. The van der Waals surface area contributed by atoms with Gasteiger partial charge >= 0.3 is 5.97 Å². The Labute approximate surface area is 170 Å². The smallest absolute Gasteiger partial charge is 0.338 e. The molecule has 0 aliphatic heterocycles. The van der Waals surface area contributed by atoms with Gasteiger partial charge in [-0.1, -0.05) is 17.8 Å². The van der Waals surface area contributed by atoms with Crippen LogP contribution in [-0.2, 0) is 9.53 Å². The van der Waals surface area contributed by atoms with Gasteiger partial charge in [-0.25, -0.2) is 9.18 Å². The van der Waals surface area contributed by atoms with E-state index in [0.717, 1.165) is 11.8 Å². The zero-order valence-corrected chi connectivity index (χ0v) is 16.5. The first-order chi connectivity index (χ1) is 13.9. The highest BCUT2D eigenvalue weighted by Gasteiger charge is 2.13. The molecule has 0 radical (unpaired) electrons. The number of carbonyl (C=O) groups excluding carboxylic acids is 2. The van der Waals surface area contributed by atoms with Gasteiger partial charge in [0.05, 0.1) is 23.1 Å². The first-order valence-electron chi connectivity index (χ1n) is 8.70.